The Bertz CT molecular complexity index is 264. The first-order valence-electron chi connectivity index (χ1n) is 5.39. The van der Waals surface area contributed by atoms with Gasteiger partial charge in [-0.1, -0.05) is 37.3 Å². The van der Waals surface area contributed by atoms with Gasteiger partial charge in [0.1, 0.15) is 0 Å². The highest BCUT2D eigenvalue weighted by Crippen LogP contribution is 2.20. The lowest BCUT2D eigenvalue weighted by Gasteiger charge is -2.30. The zero-order valence-corrected chi connectivity index (χ0v) is 9.67. The summed E-state index contributed by atoms with van der Waals surface area (Å²) < 4.78 is 0. The minimum Gasteiger partial charge on any atom is -0.305 e. The van der Waals surface area contributed by atoms with Gasteiger partial charge in [0.25, 0.3) is 0 Å². The maximum Gasteiger partial charge on any atom is 0.0379 e. The third-order valence-corrected chi connectivity index (χ3v) is 2.72. The molecule has 0 saturated heterocycles. The van der Waals surface area contributed by atoms with Crippen LogP contribution in [0, 0.1) is 0 Å². The molecule has 0 aliphatic rings. The molecule has 0 amide bonds. The van der Waals surface area contributed by atoms with Crippen molar-refractivity contribution >= 4 is 0 Å². The second kappa shape index (κ2) is 4.61. The fourth-order valence-corrected chi connectivity index (χ4v) is 1.66. The van der Waals surface area contributed by atoms with Gasteiger partial charge < -0.3 is 5.32 Å². The highest BCUT2D eigenvalue weighted by Gasteiger charge is 2.20. The van der Waals surface area contributed by atoms with Crippen LogP contribution in [0.1, 0.15) is 39.7 Å². The van der Waals surface area contributed by atoms with Crippen molar-refractivity contribution in [2.45, 2.75) is 45.7 Å². The van der Waals surface area contributed by atoms with E-state index in [1.807, 2.05) is 0 Å². The van der Waals surface area contributed by atoms with Crippen molar-refractivity contribution in [3.8, 4) is 0 Å². The highest BCUT2D eigenvalue weighted by molar-refractivity contribution is 5.22. The normalized spacial score (nSPS) is 14.0. The zero-order chi connectivity index (χ0) is 10.6. The molecule has 1 heteroatoms. The molecule has 0 aliphatic carbocycles. The fourth-order valence-electron chi connectivity index (χ4n) is 1.66. The Balaban J connectivity index is 2.75. The Labute approximate surface area is 87.5 Å². The van der Waals surface area contributed by atoms with Crippen LogP contribution >= 0.6 is 0 Å². The van der Waals surface area contributed by atoms with E-state index < -0.39 is 0 Å². The summed E-state index contributed by atoms with van der Waals surface area (Å²) in [7, 11) is 0. The zero-order valence-electron chi connectivity index (χ0n) is 9.67. The van der Waals surface area contributed by atoms with Gasteiger partial charge in [0.2, 0.25) is 0 Å². The van der Waals surface area contributed by atoms with Gasteiger partial charge in [0.05, 0.1) is 0 Å². The summed E-state index contributed by atoms with van der Waals surface area (Å²) in [5.74, 6) is 0. The standard InChI is InChI=1S/C13H21N/c1-5-11(2)14-13(3,4)12-9-7-6-8-10-12/h6-11,14H,5H2,1-4H3. The quantitative estimate of drug-likeness (QED) is 0.770. The van der Waals surface area contributed by atoms with E-state index in [1.165, 1.54) is 5.56 Å². The molecular formula is C13H21N. The van der Waals surface area contributed by atoms with Crippen LogP contribution in [0.3, 0.4) is 0 Å². The van der Waals surface area contributed by atoms with Crippen LogP contribution in [0.25, 0.3) is 0 Å². The monoisotopic (exact) mass is 191 g/mol. The maximum absolute atomic E-state index is 3.62. The number of benzene rings is 1. The van der Waals surface area contributed by atoms with Crippen LogP contribution < -0.4 is 5.32 Å². The molecule has 0 bridgehead atoms. The predicted molar refractivity (Wildman–Crippen MR) is 62.4 cm³/mol. The molecule has 1 aromatic rings. The fraction of sp³-hybridized carbons (Fsp3) is 0.538. The molecule has 1 unspecified atom stereocenters. The molecule has 0 radical (unpaired) electrons. The lowest BCUT2D eigenvalue weighted by Crippen LogP contribution is -2.42. The first kappa shape index (κ1) is 11.3. The molecule has 1 N–H and O–H groups in total. The van der Waals surface area contributed by atoms with E-state index in [2.05, 4.69) is 63.3 Å². The van der Waals surface area contributed by atoms with Crippen LogP contribution in [0.4, 0.5) is 0 Å². The molecule has 78 valence electrons. The van der Waals surface area contributed by atoms with Crippen molar-refractivity contribution in [1.82, 2.24) is 5.32 Å². The van der Waals surface area contributed by atoms with Crippen LogP contribution in [-0.2, 0) is 5.54 Å². The second-order valence-corrected chi connectivity index (χ2v) is 4.44. The molecule has 0 aromatic heterocycles. The summed E-state index contributed by atoms with van der Waals surface area (Å²) in [6, 6.07) is 11.2. The van der Waals surface area contributed by atoms with E-state index in [4.69, 9.17) is 0 Å². The maximum atomic E-state index is 3.62. The van der Waals surface area contributed by atoms with E-state index in [1.54, 1.807) is 0 Å². The van der Waals surface area contributed by atoms with E-state index in [9.17, 15) is 0 Å². The summed E-state index contributed by atoms with van der Waals surface area (Å²) in [6.07, 6.45) is 1.16. The van der Waals surface area contributed by atoms with Gasteiger partial charge >= 0.3 is 0 Å². The van der Waals surface area contributed by atoms with Crippen molar-refractivity contribution in [3.05, 3.63) is 35.9 Å². The molecule has 14 heavy (non-hydrogen) atoms. The molecule has 0 heterocycles. The minimum absolute atomic E-state index is 0.0662. The lowest BCUT2D eigenvalue weighted by atomic mass is 9.93. The molecule has 1 rings (SSSR count). The Morgan fingerprint density at radius 2 is 1.79 bits per heavy atom. The topological polar surface area (TPSA) is 12.0 Å². The van der Waals surface area contributed by atoms with Crippen molar-refractivity contribution < 1.29 is 0 Å². The second-order valence-electron chi connectivity index (χ2n) is 4.44. The molecule has 0 aliphatic heterocycles. The number of hydrogen-bond donors (Lipinski definition) is 1. The first-order chi connectivity index (χ1) is 6.56. The lowest BCUT2D eigenvalue weighted by molar-refractivity contribution is 0.347. The van der Waals surface area contributed by atoms with Gasteiger partial charge in [-0.3, -0.25) is 0 Å². The Kier molecular flexibility index (Phi) is 3.70. The van der Waals surface area contributed by atoms with Gasteiger partial charge in [-0.25, -0.2) is 0 Å². The summed E-state index contributed by atoms with van der Waals surface area (Å²) in [5.41, 5.74) is 1.41. The van der Waals surface area contributed by atoms with Crippen molar-refractivity contribution in [2.75, 3.05) is 0 Å². The smallest absolute Gasteiger partial charge is 0.0379 e. The summed E-state index contributed by atoms with van der Waals surface area (Å²) in [6.45, 7) is 8.90. The van der Waals surface area contributed by atoms with Crippen LogP contribution in [0.5, 0.6) is 0 Å². The van der Waals surface area contributed by atoms with Crippen LogP contribution in [-0.4, -0.2) is 6.04 Å². The Morgan fingerprint density at radius 3 is 2.29 bits per heavy atom. The van der Waals surface area contributed by atoms with Crippen molar-refractivity contribution in [3.63, 3.8) is 0 Å². The van der Waals surface area contributed by atoms with E-state index in [0.29, 0.717) is 6.04 Å². The largest absolute Gasteiger partial charge is 0.305 e. The number of rotatable bonds is 4. The average Bonchev–Trinajstić information content (AvgIpc) is 2.18. The first-order valence-corrected chi connectivity index (χ1v) is 5.39. The average molecular weight is 191 g/mol. The minimum atomic E-state index is 0.0662. The molecule has 0 fully saturated rings. The molecule has 1 aromatic carbocycles. The van der Waals surface area contributed by atoms with Crippen LogP contribution in [0.2, 0.25) is 0 Å². The van der Waals surface area contributed by atoms with Crippen molar-refractivity contribution in [2.24, 2.45) is 0 Å². The van der Waals surface area contributed by atoms with Gasteiger partial charge in [0.15, 0.2) is 0 Å². The molecular weight excluding hydrogens is 170 g/mol. The Morgan fingerprint density at radius 1 is 1.21 bits per heavy atom. The van der Waals surface area contributed by atoms with Gasteiger partial charge in [0, 0.05) is 11.6 Å². The molecule has 0 saturated carbocycles. The van der Waals surface area contributed by atoms with Gasteiger partial charge in [-0.2, -0.15) is 0 Å². The summed E-state index contributed by atoms with van der Waals surface area (Å²) >= 11 is 0. The van der Waals surface area contributed by atoms with E-state index in [-0.39, 0.29) is 5.54 Å². The van der Waals surface area contributed by atoms with Crippen LogP contribution in [0.15, 0.2) is 30.3 Å². The van der Waals surface area contributed by atoms with Crippen molar-refractivity contribution in [1.29, 1.82) is 0 Å². The predicted octanol–water partition coefficient (Wildman–Crippen LogP) is 3.31. The molecule has 0 spiro atoms. The number of nitrogens with one attached hydrogen (secondary N) is 1. The molecule has 1 nitrogen and oxygen atoms in total. The molecule has 1 atom stereocenters. The van der Waals surface area contributed by atoms with E-state index in [0.717, 1.165) is 6.42 Å². The van der Waals surface area contributed by atoms with E-state index >= 15 is 0 Å². The third-order valence-electron chi connectivity index (χ3n) is 2.72. The SMILES string of the molecule is CCC(C)NC(C)(C)c1ccccc1. The van der Waals surface area contributed by atoms with Gasteiger partial charge in [-0.05, 0) is 32.8 Å². The summed E-state index contributed by atoms with van der Waals surface area (Å²) in [5, 5.41) is 3.62. The third kappa shape index (κ3) is 2.85. The van der Waals surface area contributed by atoms with Gasteiger partial charge in [-0.15, -0.1) is 0 Å². The highest BCUT2D eigenvalue weighted by atomic mass is 15.0. The summed E-state index contributed by atoms with van der Waals surface area (Å²) in [4.78, 5) is 0. The number of hydrogen-bond acceptors (Lipinski definition) is 1. The Hall–Kier alpha value is -0.820.